The number of hydrogen-bond donors (Lipinski definition) is 0. The minimum atomic E-state index is -0.202. The number of amides is 1. The van der Waals surface area contributed by atoms with Crippen LogP contribution in [0.1, 0.15) is 12.8 Å². The highest BCUT2D eigenvalue weighted by atomic mass is 35.5. The zero-order valence-electron chi connectivity index (χ0n) is 15.6. The number of carbonyl (C=O) groups excluding carboxylic acids is 1. The normalized spacial score (nSPS) is 10.5. The lowest BCUT2D eigenvalue weighted by Crippen LogP contribution is -2.34. The third kappa shape index (κ3) is 4.80. The number of likely N-dealkylation sites (N-methyl/N-ethyl adjacent to an activating group) is 1. The van der Waals surface area contributed by atoms with Crippen molar-refractivity contribution < 1.29 is 18.8 Å². The Morgan fingerprint density at radius 2 is 1.93 bits per heavy atom. The summed E-state index contributed by atoms with van der Waals surface area (Å²) in [7, 11) is 1.60. The first-order chi connectivity index (χ1) is 13.6. The molecular weight excluding hydrogens is 382 g/mol. The zero-order chi connectivity index (χ0) is 19.9. The maximum atomic E-state index is 12.5. The maximum Gasteiger partial charge on any atom is 0.260 e. The molecule has 28 heavy (non-hydrogen) atoms. The lowest BCUT2D eigenvalue weighted by atomic mass is 10.2. The van der Waals surface area contributed by atoms with Crippen molar-refractivity contribution in [3.63, 3.8) is 0 Å². The number of methoxy groups -OCH3 is 1. The second-order valence-corrected chi connectivity index (χ2v) is 6.27. The molecule has 0 aliphatic rings. The van der Waals surface area contributed by atoms with Crippen molar-refractivity contribution in [3.05, 3.63) is 59.4 Å². The fourth-order valence-electron chi connectivity index (χ4n) is 2.51. The summed E-state index contributed by atoms with van der Waals surface area (Å²) in [4.78, 5) is 18.4. The predicted octanol–water partition coefficient (Wildman–Crippen LogP) is 3.83. The predicted molar refractivity (Wildman–Crippen MR) is 104 cm³/mol. The van der Waals surface area contributed by atoms with Crippen LogP contribution in [0.15, 0.2) is 53.1 Å². The Bertz CT molecular complexity index is 927. The molecule has 3 aromatic rings. The fourth-order valence-corrected chi connectivity index (χ4v) is 2.70. The Balaban J connectivity index is 1.61. The fraction of sp³-hybridized carbons (Fsp3) is 0.250. The molecule has 1 heterocycles. The van der Waals surface area contributed by atoms with Gasteiger partial charge in [0.2, 0.25) is 11.7 Å². The van der Waals surface area contributed by atoms with E-state index in [1.54, 1.807) is 36.3 Å². The molecule has 1 amide bonds. The standard InChI is InChI=1S/C20H20ClN3O4/c1-3-24(19(25)13-27-17-7-5-4-6-16(17)21)12-18-22-20(23-28-18)14-8-10-15(26-2)11-9-14/h4-11H,3,12-13H2,1-2H3. The molecular formula is C20H20ClN3O4. The van der Waals surface area contributed by atoms with E-state index in [9.17, 15) is 4.79 Å². The molecule has 0 fully saturated rings. The average molecular weight is 402 g/mol. The SMILES string of the molecule is CCN(Cc1nc(-c2ccc(OC)cc2)no1)C(=O)COc1ccccc1Cl. The van der Waals surface area contributed by atoms with Gasteiger partial charge in [0.1, 0.15) is 18.0 Å². The Kier molecular flexibility index (Phi) is 6.49. The van der Waals surface area contributed by atoms with Crippen LogP contribution in [-0.4, -0.2) is 41.2 Å². The molecule has 146 valence electrons. The van der Waals surface area contributed by atoms with E-state index >= 15 is 0 Å². The first-order valence-electron chi connectivity index (χ1n) is 8.72. The molecule has 0 saturated carbocycles. The number of carbonyl (C=O) groups is 1. The van der Waals surface area contributed by atoms with Crippen LogP contribution in [0.4, 0.5) is 0 Å². The summed E-state index contributed by atoms with van der Waals surface area (Å²) < 4.78 is 15.9. The van der Waals surface area contributed by atoms with Gasteiger partial charge in [-0.2, -0.15) is 4.98 Å². The Morgan fingerprint density at radius 3 is 2.61 bits per heavy atom. The smallest absolute Gasteiger partial charge is 0.260 e. The van der Waals surface area contributed by atoms with Gasteiger partial charge in [0.25, 0.3) is 5.91 Å². The number of para-hydroxylation sites is 1. The van der Waals surface area contributed by atoms with Crippen molar-refractivity contribution >= 4 is 17.5 Å². The van der Waals surface area contributed by atoms with E-state index in [-0.39, 0.29) is 19.1 Å². The molecule has 0 N–H and O–H groups in total. The van der Waals surface area contributed by atoms with E-state index in [0.29, 0.717) is 29.0 Å². The highest BCUT2D eigenvalue weighted by Crippen LogP contribution is 2.23. The number of rotatable bonds is 8. The number of benzene rings is 2. The molecule has 2 aromatic carbocycles. The summed E-state index contributed by atoms with van der Waals surface area (Å²) in [6, 6.07) is 14.3. The topological polar surface area (TPSA) is 77.7 Å². The van der Waals surface area contributed by atoms with E-state index in [1.807, 2.05) is 31.2 Å². The van der Waals surface area contributed by atoms with Crippen molar-refractivity contribution in [1.29, 1.82) is 0 Å². The lowest BCUT2D eigenvalue weighted by Gasteiger charge is -2.19. The van der Waals surface area contributed by atoms with Gasteiger partial charge in [-0.15, -0.1) is 0 Å². The Labute approximate surface area is 167 Å². The molecule has 0 bridgehead atoms. The number of ether oxygens (including phenoxy) is 2. The van der Waals surface area contributed by atoms with Gasteiger partial charge in [-0.3, -0.25) is 4.79 Å². The van der Waals surface area contributed by atoms with E-state index < -0.39 is 0 Å². The van der Waals surface area contributed by atoms with Crippen LogP contribution in [0.25, 0.3) is 11.4 Å². The minimum Gasteiger partial charge on any atom is -0.497 e. The molecule has 0 aliphatic carbocycles. The zero-order valence-corrected chi connectivity index (χ0v) is 16.3. The van der Waals surface area contributed by atoms with Crippen LogP contribution in [0, 0.1) is 0 Å². The van der Waals surface area contributed by atoms with Crippen LogP contribution in [0.2, 0.25) is 5.02 Å². The van der Waals surface area contributed by atoms with Gasteiger partial charge in [0, 0.05) is 12.1 Å². The van der Waals surface area contributed by atoms with Crippen LogP contribution in [0.5, 0.6) is 11.5 Å². The summed E-state index contributed by atoms with van der Waals surface area (Å²) in [6.45, 7) is 2.42. The molecule has 7 nitrogen and oxygen atoms in total. The van der Waals surface area contributed by atoms with Gasteiger partial charge >= 0.3 is 0 Å². The van der Waals surface area contributed by atoms with Crippen LogP contribution >= 0.6 is 11.6 Å². The van der Waals surface area contributed by atoms with E-state index in [2.05, 4.69) is 10.1 Å². The monoisotopic (exact) mass is 401 g/mol. The van der Waals surface area contributed by atoms with Gasteiger partial charge < -0.3 is 18.9 Å². The third-order valence-electron chi connectivity index (χ3n) is 4.06. The van der Waals surface area contributed by atoms with Crippen molar-refractivity contribution in [2.45, 2.75) is 13.5 Å². The molecule has 0 radical (unpaired) electrons. The number of halogens is 1. The largest absolute Gasteiger partial charge is 0.497 e. The summed E-state index contributed by atoms with van der Waals surface area (Å²) in [6.07, 6.45) is 0. The Hall–Kier alpha value is -3.06. The van der Waals surface area contributed by atoms with Crippen LogP contribution in [0.3, 0.4) is 0 Å². The molecule has 0 spiro atoms. The number of aromatic nitrogens is 2. The summed E-state index contributed by atoms with van der Waals surface area (Å²) in [5.74, 6) is 1.81. The van der Waals surface area contributed by atoms with Gasteiger partial charge in [-0.05, 0) is 43.3 Å². The molecule has 0 saturated heterocycles. The summed E-state index contributed by atoms with van der Waals surface area (Å²) in [5, 5.41) is 4.44. The van der Waals surface area contributed by atoms with Gasteiger partial charge in [-0.25, -0.2) is 0 Å². The first-order valence-corrected chi connectivity index (χ1v) is 9.10. The van der Waals surface area contributed by atoms with Gasteiger partial charge in [0.15, 0.2) is 6.61 Å². The van der Waals surface area contributed by atoms with Crippen molar-refractivity contribution in [1.82, 2.24) is 15.0 Å². The second-order valence-electron chi connectivity index (χ2n) is 5.87. The van der Waals surface area contributed by atoms with Crippen molar-refractivity contribution in [3.8, 4) is 22.9 Å². The molecule has 0 unspecified atom stereocenters. The summed E-state index contributed by atoms with van der Waals surface area (Å²) >= 11 is 6.04. The Morgan fingerprint density at radius 1 is 1.18 bits per heavy atom. The molecule has 0 atom stereocenters. The van der Waals surface area contributed by atoms with E-state index in [4.69, 9.17) is 25.6 Å². The molecule has 3 rings (SSSR count). The summed E-state index contributed by atoms with van der Waals surface area (Å²) in [5.41, 5.74) is 0.798. The van der Waals surface area contributed by atoms with Gasteiger partial charge in [-0.1, -0.05) is 28.9 Å². The quantitative estimate of drug-likeness (QED) is 0.571. The number of hydrogen-bond acceptors (Lipinski definition) is 6. The molecule has 1 aromatic heterocycles. The minimum absolute atomic E-state index is 0.128. The second kappa shape index (κ2) is 9.23. The number of nitrogens with zero attached hydrogens (tertiary/aromatic N) is 3. The van der Waals surface area contributed by atoms with Gasteiger partial charge in [0.05, 0.1) is 12.1 Å². The molecule has 0 aliphatic heterocycles. The van der Waals surface area contributed by atoms with E-state index in [1.165, 1.54) is 0 Å². The highest BCUT2D eigenvalue weighted by molar-refractivity contribution is 6.32. The molecule has 8 heteroatoms. The third-order valence-corrected chi connectivity index (χ3v) is 4.38. The van der Waals surface area contributed by atoms with E-state index in [0.717, 1.165) is 11.3 Å². The van der Waals surface area contributed by atoms with Crippen molar-refractivity contribution in [2.75, 3.05) is 20.3 Å². The maximum absolute atomic E-state index is 12.5. The lowest BCUT2D eigenvalue weighted by molar-refractivity contribution is -0.134. The van der Waals surface area contributed by atoms with Crippen LogP contribution < -0.4 is 9.47 Å². The van der Waals surface area contributed by atoms with Crippen LogP contribution in [-0.2, 0) is 11.3 Å². The average Bonchev–Trinajstić information content (AvgIpc) is 3.20. The highest BCUT2D eigenvalue weighted by Gasteiger charge is 2.18. The van der Waals surface area contributed by atoms with Crippen molar-refractivity contribution in [2.24, 2.45) is 0 Å². The first kappa shape index (κ1) is 19.7.